The molecule has 1 aromatic heterocycles. The highest BCUT2D eigenvalue weighted by atomic mass is 32.2. The zero-order valence-electron chi connectivity index (χ0n) is 15.1. The summed E-state index contributed by atoms with van der Waals surface area (Å²) in [7, 11) is -1.60. The molecule has 1 atom stereocenters. The van der Waals surface area contributed by atoms with Gasteiger partial charge in [0.2, 0.25) is 10.0 Å². The van der Waals surface area contributed by atoms with Gasteiger partial charge in [-0.15, -0.1) is 0 Å². The average Bonchev–Trinajstić information content (AvgIpc) is 3.05. The lowest BCUT2D eigenvalue weighted by molar-refractivity contribution is 0.251. The van der Waals surface area contributed by atoms with E-state index in [-0.39, 0.29) is 17.0 Å². The van der Waals surface area contributed by atoms with Gasteiger partial charge in [-0.1, -0.05) is 0 Å². The number of aromatic nitrogens is 1. The van der Waals surface area contributed by atoms with Gasteiger partial charge < -0.3 is 15.5 Å². The zero-order chi connectivity index (χ0) is 19.3. The molecule has 2 aromatic rings. The fourth-order valence-corrected chi connectivity index (χ4v) is 4.16. The Morgan fingerprint density at radius 3 is 2.52 bits per heavy atom. The number of urea groups is 1. The lowest BCUT2D eigenvalue weighted by atomic mass is 10.3. The number of hydrogen-bond acceptors (Lipinski definition) is 5. The Kier molecular flexibility index (Phi) is 6.04. The van der Waals surface area contributed by atoms with Crippen molar-refractivity contribution in [1.29, 1.82) is 0 Å². The summed E-state index contributed by atoms with van der Waals surface area (Å²) < 4.78 is 27.6. The number of sulfonamides is 1. The average molecular weight is 389 g/mol. The van der Waals surface area contributed by atoms with Crippen LogP contribution in [-0.4, -0.2) is 50.5 Å². The number of amides is 2. The van der Waals surface area contributed by atoms with Crippen LogP contribution in [0.1, 0.15) is 12.0 Å². The van der Waals surface area contributed by atoms with Crippen molar-refractivity contribution in [2.24, 2.45) is 0 Å². The van der Waals surface area contributed by atoms with Gasteiger partial charge in [0.1, 0.15) is 0 Å². The van der Waals surface area contributed by atoms with E-state index in [4.69, 9.17) is 0 Å². The number of likely N-dealkylation sites (tertiary alicyclic amines) is 1. The third-order valence-corrected chi connectivity index (χ3v) is 5.87. The van der Waals surface area contributed by atoms with Gasteiger partial charge in [-0.3, -0.25) is 4.98 Å². The largest absolute Gasteiger partial charge is 0.334 e. The molecule has 27 heavy (non-hydrogen) atoms. The molecule has 1 fully saturated rings. The minimum Gasteiger partial charge on any atom is -0.334 e. The highest BCUT2D eigenvalue weighted by Gasteiger charge is 2.25. The highest BCUT2D eigenvalue weighted by Crippen LogP contribution is 2.16. The quantitative estimate of drug-likeness (QED) is 0.693. The van der Waals surface area contributed by atoms with Gasteiger partial charge in [-0.25, -0.2) is 17.9 Å². The Hall–Kier alpha value is -2.49. The second-order valence-electron chi connectivity index (χ2n) is 6.56. The molecule has 0 saturated carbocycles. The van der Waals surface area contributed by atoms with E-state index in [2.05, 4.69) is 25.2 Å². The molecular formula is C18H23N5O3S. The van der Waals surface area contributed by atoms with E-state index in [0.29, 0.717) is 18.8 Å². The van der Waals surface area contributed by atoms with E-state index >= 15 is 0 Å². The molecule has 1 saturated heterocycles. The van der Waals surface area contributed by atoms with E-state index in [0.717, 1.165) is 18.5 Å². The van der Waals surface area contributed by atoms with Crippen LogP contribution in [0.5, 0.6) is 0 Å². The molecule has 0 aliphatic carbocycles. The molecule has 1 aromatic carbocycles. The summed E-state index contributed by atoms with van der Waals surface area (Å²) in [6.45, 7) is 1.96. The third kappa shape index (κ3) is 5.49. The number of carbonyl (C=O) groups excluding carboxylic acids is 1. The summed E-state index contributed by atoms with van der Waals surface area (Å²) in [4.78, 5) is 18.1. The molecule has 0 bridgehead atoms. The number of hydrogen-bond donors (Lipinski definition) is 3. The van der Waals surface area contributed by atoms with Crippen molar-refractivity contribution >= 4 is 21.7 Å². The molecule has 0 spiro atoms. The summed E-state index contributed by atoms with van der Waals surface area (Å²) in [5.41, 5.74) is 1.45. The van der Waals surface area contributed by atoms with Crippen LogP contribution in [0.25, 0.3) is 0 Å². The van der Waals surface area contributed by atoms with Crippen molar-refractivity contribution in [2.75, 3.05) is 25.5 Å². The van der Waals surface area contributed by atoms with Crippen molar-refractivity contribution in [3.63, 3.8) is 0 Å². The minimum atomic E-state index is -3.57. The summed E-state index contributed by atoms with van der Waals surface area (Å²) in [6, 6.07) is 9.30. The highest BCUT2D eigenvalue weighted by molar-refractivity contribution is 7.89. The lowest BCUT2D eigenvalue weighted by Crippen LogP contribution is -2.36. The molecule has 1 unspecified atom stereocenters. The van der Waals surface area contributed by atoms with E-state index in [9.17, 15) is 13.2 Å². The van der Waals surface area contributed by atoms with Gasteiger partial charge in [0, 0.05) is 37.2 Å². The first-order valence-electron chi connectivity index (χ1n) is 8.67. The Labute approximate surface area is 159 Å². The molecule has 8 nitrogen and oxygen atoms in total. The summed E-state index contributed by atoms with van der Waals surface area (Å²) >= 11 is 0. The van der Waals surface area contributed by atoms with E-state index in [1.165, 1.54) is 12.1 Å². The summed E-state index contributed by atoms with van der Waals surface area (Å²) in [6.07, 6.45) is 4.12. The van der Waals surface area contributed by atoms with Crippen LogP contribution in [0.3, 0.4) is 0 Å². The van der Waals surface area contributed by atoms with Crippen LogP contribution >= 0.6 is 0 Å². The van der Waals surface area contributed by atoms with Gasteiger partial charge in [-0.2, -0.15) is 0 Å². The zero-order valence-corrected chi connectivity index (χ0v) is 15.9. The van der Waals surface area contributed by atoms with Crippen molar-refractivity contribution in [3.8, 4) is 0 Å². The summed E-state index contributed by atoms with van der Waals surface area (Å²) in [5.74, 6) is 0. The van der Waals surface area contributed by atoms with Crippen molar-refractivity contribution in [1.82, 2.24) is 19.9 Å². The number of nitrogens with zero attached hydrogens (tertiary/aromatic N) is 2. The topological polar surface area (TPSA) is 103 Å². The number of rotatable bonds is 6. The van der Waals surface area contributed by atoms with Crippen LogP contribution < -0.4 is 15.4 Å². The molecule has 144 valence electrons. The monoisotopic (exact) mass is 389 g/mol. The van der Waals surface area contributed by atoms with Crippen LogP contribution in [-0.2, 0) is 16.6 Å². The molecule has 3 N–H and O–H groups in total. The predicted molar refractivity (Wildman–Crippen MR) is 103 cm³/mol. The maximum absolute atomic E-state index is 12.5. The number of likely N-dealkylation sites (N-methyl/N-ethyl adjacent to an activating group) is 1. The second kappa shape index (κ2) is 8.47. The van der Waals surface area contributed by atoms with Crippen molar-refractivity contribution in [2.45, 2.75) is 23.9 Å². The van der Waals surface area contributed by atoms with Gasteiger partial charge in [0.15, 0.2) is 0 Å². The first-order valence-corrected chi connectivity index (χ1v) is 10.2. The Morgan fingerprint density at radius 1 is 1.19 bits per heavy atom. The Morgan fingerprint density at radius 2 is 1.89 bits per heavy atom. The van der Waals surface area contributed by atoms with E-state index in [1.54, 1.807) is 24.5 Å². The van der Waals surface area contributed by atoms with Crippen molar-refractivity contribution < 1.29 is 13.2 Å². The van der Waals surface area contributed by atoms with Crippen LogP contribution in [0, 0.1) is 0 Å². The number of benzene rings is 1. The molecule has 2 heterocycles. The van der Waals surface area contributed by atoms with Gasteiger partial charge in [0.05, 0.1) is 4.90 Å². The third-order valence-electron chi connectivity index (χ3n) is 4.34. The molecular weight excluding hydrogens is 366 g/mol. The Bertz CT molecular complexity index is 872. The standard InChI is InChI=1S/C18H23N5O3S/c1-23-11-8-16(13-23)22-27(25,26)17-4-2-15(3-5-17)21-18(24)20-12-14-6-9-19-10-7-14/h2-7,9-10,16,22H,8,11-13H2,1H3,(H2,20,21,24). The van der Waals surface area contributed by atoms with E-state index in [1.807, 2.05) is 19.2 Å². The molecule has 9 heteroatoms. The maximum Gasteiger partial charge on any atom is 0.319 e. The SMILES string of the molecule is CN1CCC(NS(=O)(=O)c2ccc(NC(=O)NCc3ccncc3)cc2)C1. The van der Waals surface area contributed by atoms with Crippen LogP contribution in [0.4, 0.5) is 10.5 Å². The van der Waals surface area contributed by atoms with Crippen LogP contribution in [0.2, 0.25) is 0 Å². The number of pyridine rings is 1. The van der Waals surface area contributed by atoms with Crippen LogP contribution in [0.15, 0.2) is 53.7 Å². The lowest BCUT2D eigenvalue weighted by Gasteiger charge is -2.14. The molecule has 1 aliphatic rings. The number of nitrogens with one attached hydrogen (secondary N) is 3. The first-order chi connectivity index (χ1) is 12.9. The van der Waals surface area contributed by atoms with Gasteiger partial charge >= 0.3 is 6.03 Å². The normalized spacial score (nSPS) is 17.6. The number of anilines is 1. The van der Waals surface area contributed by atoms with Gasteiger partial charge in [-0.05, 0) is 62.0 Å². The fourth-order valence-electron chi connectivity index (χ4n) is 2.89. The molecule has 3 rings (SSSR count). The fraction of sp³-hybridized carbons (Fsp3) is 0.333. The summed E-state index contributed by atoms with van der Waals surface area (Å²) in [5, 5.41) is 5.41. The predicted octanol–water partition coefficient (Wildman–Crippen LogP) is 1.39. The molecule has 2 amide bonds. The Balaban J connectivity index is 1.54. The molecule has 0 radical (unpaired) electrons. The minimum absolute atomic E-state index is 0.0724. The molecule has 1 aliphatic heterocycles. The number of carbonyl (C=O) groups is 1. The van der Waals surface area contributed by atoms with E-state index < -0.39 is 10.0 Å². The second-order valence-corrected chi connectivity index (χ2v) is 8.27. The maximum atomic E-state index is 12.5. The van der Waals surface area contributed by atoms with Crippen molar-refractivity contribution in [3.05, 3.63) is 54.4 Å². The smallest absolute Gasteiger partial charge is 0.319 e. The van der Waals surface area contributed by atoms with Gasteiger partial charge in [0.25, 0.3) is 0 Å². The first kappa shape index (κ1) is 19.3.